The number of aromatic nitrogens is 4. The van der Waals surface area contributed by atoms with Gasteiger partial charge in [0.15, 0.2) is 5.96 Å². The van der Waals surface area contributed by atoms with E-state index in [-0.39, 0.29) is 13.1 Å². The lowest BCUT2D eigenvalue weighted by molar-refractivity contribution is 0.0616. The van der Waals surface area contributed by atoms with Crippen LogP contribution in [-0.2, 0) is 19.2 Å². The van der Waals surface area contributed by atoms with Crippen molar-refractivity contribution in [2.45, 2.75) is 26.0 Å². The van der Waals surface area contributed by atoms with Crippen LogP contribution in [0.25, 0.3) is 11.4 Å². The van der Waals surface area contributed by atoms with E-state index in [9.17, 15) is 5.11 Å². The summed E-state index contributed by atoms with van der Waals surface area (Å²) in [5, 5.41) is 25.7. The van der Waals surface area contributed by atoms with E-state index in [4.69, 9.17) is 16.1 Å². The third-order valence-corrected chi connectivity index (χ3v) is 4.47. The number of aryl methyl sites for hydroxylation is 1. The molecule has 29 heavy (non-hydrogen) atoms. The van der Waals surface area contributed by atoms with Gasteiger partial charge in [0.2, 0.25) is 11.7 Å². The quantitative estimate of drug-likeness (QED) is 0.398. The Morgan fingerprint density at radius 1 is 1.31 bits per heavy atom. The highest BCUT2D eigenvalue weighted by atomic mass is 35.5. The summed E-state index contributed by atoms with van der Waals surface area (Å²) >= 11 is 5.90. The molecule has 0 aliphatic carbocycles. The zero-order valence-corrected chi connectivity index (χ0v) is 17.3. The van der Waals surface area contributed by atoms with E-state index in [1.807, 2.05) is 19.1 Å². The van der Waals surface area contributed by atoms with Crippen molar-refractivity contribution >= 4 is 17.6 Å². The van der Waals surface area contributed by atoms with Crippen LogP contribution < -0.4 is 10.6 Å². The smallest absolute Gasteiger partial charge is 0.248 e. The highest BCUT2D eigenvalue weighted by molar-refractivity contribution is 6.30. The first kappa shape index (κ1) is 20.8. The summed E-state index contributed by atoms with van der Waals surface area (Å²) in [5.41, 5.74) is 0.426. The number of benzene rings is 1. The lowest BCUT2D eigenvalue weighted by atomic mass is 10.00. The molecule has 0 fully saturated rings. The fourth-order valence-corrected chi connectivity index (χ4v) is 2.71. The molecular weight excluding hydrogens is 394 g/mol. The standard InChI is InChI=1S/C19H24ClN7O2/c1-4-21-18(23-12-19(2,28)14-9-24-27(3)11-14)22-10-16-25-17(26-29-16)13-5-7-15(20)8-6-13/h5-9,11,28H,4,10,12H2,1-3H3,(H2,21,22,23). The van der Waals surface area contributed by atoms with Crippen LogP contribution in [0.2, 0.25) is 5.02 Å². The minimum atomic E-state index is -1.10. The lowest BCUT2D eigenvalue weighted by Gasteiger charge is -2.23. The van der Waals surface area contributed by atoms with Gasteiger partial charge in [-0.2, -0.15) is 10.1 Å². The number of aliphatic imine (C=N–C) groups is 1. The first-order valence-corrected chi connectivity index (χ1v) is 9.57. The predicted molar refractivity (Wildman–Crippen MR) is 110 cm³/mol. The Hall–Kier alpha value is -2.91. The van der Waals surface area contributed by atoms with E-state index in [1.165, 1.54) is 0 Å². The van der Waals surface area contributed by atoms with Crippen LogP contribution in [0, 0.1) is 0 Å². The topological polar surface area (TPSA) is 113 Å². The minimum absolute atomic E-state index is 0.199. The van der Waals surface area contributed by atoms with Gasteiger partial charge < -0.3 is 20.3 Å². The van der Waals surface area contributed by atoms with E-state index in [1.54, 1.807) is 43.2 Å². The summed E-state index contributed by atoms with van der Waals surface area (Å²) in [6, 6.07) is 7.19. The van der Waals surface area contributed by atoms with Crippen molar-refractivity contribution in [2.24, 2.45) is 12.0 Å². The number of guanidine groups is 1. The van der Waals surface area contributed by atoms with Crippen LogP contribution >= 0.6 is 11.6 Å². The molecule has 10 heteroatoms. The normalized spacial score (nSPS) is 13.9. The number of hydrogen-bond donors (Lipinski definition) is 3. The van der Waals surface area contributed by atoms with Crippen molar-refractivity contribution in [1.82, 2.24) is 30.6 Å². The Morgan fingerprint density at radius 3 is 2.72 bits per heavy atom. The van der Waals surface area contributed by atoms with Gasteiger partial charge in [-0.05, 0) is 38.1 Å². The van der Waals surface area contributed by atoms with Crippen LogP contribution in [0.5, 0.6) is 0 Å². The monoisotopic (exact) mass is 417 g/mol. The summed E-state index contributed by atoms with van der Waals surface area (Å²) in [5.74, 6) is 1.39. The number of aliphatic hydroxyl groups is 1. The van der Waals surface area contributed by atoms with Crippen molar-refractivity contribution in [3.8, 4) is 11.4 Å². The van der Waals surface area contributed by atoms with Gasteiger partial charge in [-0.3, -0.25) is 4.68 Å². The molecule has 0 amide bonds. The Balaban J connectivity index is 1.64. The van der Waals surface area contributed by atoms with Crippen LogP contribution in [0.3, 0.4) is 0 Å². The van der Waals surface area contributed by atoms with Gasteiger partial charge in [-0.15, -0.1) is 0 Å². The Morgan fingerprint density at radius 2 is 2.07 bits per heavy atom. The second-order valence-electron chi connectivity index (χ2n) is 6.74. The number of nitrogens with one attached hydrogen (secondary N) is 2. The Kier molecular flexibility index (Phi) is 6.50. The molecule has 1 aromatic carbocycles. The largest absolute Gasteiger partial charge is 0.383 e. The second-order valence-corrected chi connectivity index (χ2v) is 7.18. The molecule has 0 saturated heterocycles. The maximum Gasteiger partial charge on any atom is 0.248 e. The maximum atomic E-state index is 10.7. The third kappa shape index (κ3) is 5.55. The van der Waals surface area contributed by atoms with Crippen molar-refractivity contribution < 1.29 is 9.63 Å². The predicted octanol–water partition coefficient (Wildman–Crippen LogP) is 2.09. The van der Waals surface area contributed by atoms with Gasteiger partial charge in [0.25, 0.3) is 0 Å². The second kappa shape index (κ2) is 9.06. The molecule has 0 radical (unpaired) electrons. The van der Waals surface area contributed by atoms with Crippen molar-refractivity contribution in [2.75, 3.05) is 13.1 Å². The van der Waals surface area contributed by atoms with Crippen LogP contribution in [0.1, 0.15) is 25.3 Å². The molecule has 154 valence electrons. The number of rotatable bonds is 7. The summed E-state index contributed by atoms with van der Waals surface area (Å²) in [7, 11) is 1.81. The van der Waals surface area contributed by atoms with Crippen LogP contribution in [0.15, 0.2) is 46.2 Å². The zero-order chi connectivity index (χ0) is 20.9. The minimum Gasteiger partial charge on any atom is -0.383 e. The zero-order valence-electron chi connectivity index (χ0n) is 16.6. The summed E-state index contributed by atoms with van der Waals surface area (Å²) < 4.78 is 6.93. The van der Waals surface area contributed by atoms with Gasteiger partial charge in [-0.25, -0.2) is 4.99 Å². The molecule has 0 aliphatic rings. The lowest BCUT2D eigenvalue weighted by Crippen LogP contribution is -2.44. The molecule has 3 N–H and O–H groups in total. The van der Waals surface area contributed by atoms with E-state index in [0.29, 0.717) is 34.8 Å². The SMILES string of the molecule is CCNC(=NCc1nc(-c2ccc(Cl)cc2)no1)NCC(C)(O)c1cnn(C)c1. The summed E-state index contributed by atoms with van der Waals surface area (Å²) in [6.45, 7) is 4.80. The van der Waals surface area contributed by atoms with Gasteiger partial charge in [0.05, 0.1) is 12.7 Å². The summed E-state index contributed by atoms with van der Waals surface area (Å²) in [4.78, 5) is 8.81. The average molecular weight is 418 g/mol. The molecule has 9 nitrogen and oxygen atoms in total. The molecule has 1 atom stereocenters. The van der Waals surface area contributed by atoms with Gasteiger partial charge in [-0.1, -0.05) is 16.8 Å². The fraction of sp³-hybridized carbons (Fsp3) is 0.368. The molecule has 0 bridgehead atoms. The van der Waals surface area contributed by atoms with Crippen molar-refractivity contribution in [3.05, 3.63) is 53.1 Å². The summed E-state index contributed by atoms with van der Waals surface area (Å²) in [6.07, 6.45) is 3.42. The maximum absolute atomic E-state index is 10.7. The van der Waals surface area contributed by atoms with Gasteiger partial charge in [0.1, 0.15) is 12.1 Å². The van der Waals surface area contributed by atoms with Gasteiger partial charge >= 0.3 is 0 Å². The van der Waals surface area contributed by atoms with Crippen molar-refractivity contribution in [3.63, 3.8) is 0 Å². The first-order valence-electron chi connectivity index (χ1n) is 9.19. The van der Waals surface area contributed by atoms with Crippen LogP contribution in [-0.4, -0.2) is 44.1 Å². The highest BCUT2D eigenvalue weighted by Gasteiger charge is 2.25. The molecule has 0 spiro atoms. The van der Waals surface area contributed by atoms with E-state index >= 15 is 0 Å². The number of halogens is 1. The molecule has 3 rings (SSSR count). The third-order valence-electron chi connectivity index (χ3n) is 4.21. The highest BCUT2D eigenvalue weighted by Crippen LogP contribution is 2.19. The average Bonchev–Trinajstić information content (AvgIpc) is 3.34. The number of hydrogen-bond acceptors (Lipinski definition) is 6. The van der Waals surface area contributed by atoms with E-state index in [0.717, 1.165) is 5.56 Å². The molecular formula is C19H24ClN7O2. The van der Waals surface area contributed by atoms with E-state index < -0.39 is 5.60 Å². The Labute approximate surface area is 173 Å². The van der Waals surface area contributed by atoms with Crippen LogP contribution in [0.4, 0.5) is 0 Å². The van der Waals surface area contributed by atoms with Crippen molar-refractivity contribution in [1.29, 1.82) is 0 Å². The fourth-order valence-electron chi connectivity index (χ4n) is 2.58. The molecule has 0 saturated carbocycles. The van der Waals surface area contributed by atoms with Gasteiger partial charge in [0, 0.05) is 35.9 Å². The first-order chi connectivity index (χ1) is 13.9. The molecule has 0 aliphatic heterocycles. The Bertz CT molecular complexity index is 963. The molecule has 1 unspecified atom stereocenters. The number of nitrogens with zero attached hydrogens (tertiary/aromatic N) is 5. The molecule has 3 aromatic rings. The molecule has 2 aromatic heterocycles. The van der Waals surface area contributed by atoms with E-state index in [2.05, 4.69) is 30.9 Å². The molecule has 2 heterocycles.